The van der Waals surface area contributed by atoms with Gasteiger partial charge in [-0.3, -0.25) is 0 Å². The van der Waals surface area contributed by atoms with E-state index in [2.05, 4.69) is 26.9 Å². The minimum absolute atomic E-state index is 0.118. The van der Waals surface area contributed by atoms with Gasteiger partial charge in [-0.25, -0.2) is 14.8 Å². The van der Waals surface area contributed by atoms with E-state index in [1.165, 1.54) is 26.4 Å². The average molecular weight is 249 g/mol. The number of nitrogens with zero attached hydrogens (tertiary/aromatic N) is 2. The maximum Gasteiger partial charge on any atom is 0.376 e. The number of aryl methyl sites for hydroxylation is 1. The van der Waals surface area contributed by atoms with E-state index in [0.717, 1.165) is 11.6 Å². The summed E-state index contributed by atoms with van der Waals surface area (Å²) < 4.78 is 4.63. The summed E-state index contributed by atoms with van der Waals surface area (Å²) in [5.41, 5.74) is 0.764. The van der Waals surface area contributed by atoms with Crippen LogP contribution in [-0.4, -0.2) is 29.1 Å². The molecule has 1 saturated carbocycles. The molecule has 1 aromatic rings. The summed E-state index contributed by atoms with van der Waals surface area (Å²) in [6.07, 6.45) is 3.63. The summed E-state index contributed by atoms with van der Waals surface area (Å²) >= 11 is 0. The van der Waals surface area contributed by atoms with Gasteiger partial charge in [0.1, 0.15) is 5.82 Å². The van der Waals surface area contributed by atoms with Gasteiger partial charge >= 0.3 is 5.97 Å². The van der Waals surface area contributed by atoms with E-state index in [4.69, 9.17) is 0 Å². The van der Waals surface area contributed by atoms with Crippen LogP contribution >= 0.6 is 0 Å². The fourth-order valence-electron chi connectivity index (χ4n) is 2.13. The molecule has 1 aromatic heterocycles. The van der Waals surface area contributed by atoms with Crippen molar-refractivity contribution in [3.63, 3.8) is 0 Å². The van der Waals surface area contributed by atoms with Crippen LogP contribution in [0.2, 0.25) is 0 Å². The van der Waals surface area contributed by atoms with Crippen molar-refractivity contribution in [3.05, 3.63) is 17.6 Å². The van der Waals surface area contributed by atoms with Crippen molar-refractivity contribution in [2.24, 2.45) is 5.92 Å². The zero-order valence-corrected chi connectivity index (χ0v) is 11.1. The molecule has 1 fully saturated rings. The second kappa shape index (κ2) is 5.33. The zero-order chi connectivity index (χ0) is 13.1. The second-order valence-corrected chi connectivity index (χ2v) is 4.75. The first kappa shape index (κ1) is 12.8. The van der Waals surface area contributed by atoms with Crippen LogP contribution in [0.15, 0.2) is 6.07 Å². The molecule has 1 heterocycles. The third-order valence-corrected chi connectivity index (χ3v) is 3.14. The van der Waals surface area contributed by atoms with Crippen LogP contribution in [-0.2, 0) is 4.74 Å². The lowest BCUT2D eigenvalue weighted by Gasteiger charge is -2.07. The summed E-state index contributed by atoms with van der Waals surface area (Å²) in [5, 5.41) is 3.35. The molecular formula is C13H19N3O2. The van der Waals surface area contributed by atoms with Gasteiger partial charge in [-0.05, 0) is 25.7 Å². The van der Waals surface area contributed by atoms with Crippen molar-refractivity contribution < 1.29 is 9.53 Å². The average Bonchev–Trinajstić information content (AvgIpc) is 3.06. The normalized spacial score (nSPS) is 21.5. The Labute approximate surface area is 107 Å². The van der Waals surface area contributed by atoms with Gasteiger partial charge in [-0.15, -0.1) is 0 Å². The first-order valence-electron chi connectivity index (χ1n) is 6.34. The Kier molecular flexibility index (Phi) is 3.79. The van der Waals surface area contributed by atoms with E-state index in [-0.39, 0.29) is 5.82 Å². The highest BCUT2D eigenvalue weighted by Crippen LogP contribution is 2.36. The predicted octanol–water partition coefficient (Wildman–Crippen LogP) is 2.17. The van der Waals surface area contributed by atoms with Gasteiger partial charge in [0.25, 0.3) is 0 Å². The lowest BCUT2D eigenvalue weighted by Crippen LogP contribution is -2.13. The van der Waals surface area contributed by atoms with E-state index in [9.17, 15) is 4.79 Å². The fourth-order valence-corrected chi connectivity index (χ4v) is 2.13. The molecule has 0 radical (unpaired) electrons. The van der Waals surface area contributed by atoms with Crippen LogP contribution in [0.5, 0.6) is 0 Å². The highest BCUT2D eigenvalue weighted by atomic mass is 16.5. The van der Waals surface area contributed by atoms with Crippen molar-refractivity contribution in [3.8, 4) is 0 Å². The van der Waals surface area contributed by atoms with Gasteiger partial charge in [0, 0.05) is 17.8 Å². The largest absolute Gasteiger partial charge is 0.463 e. The highest BCUT2D eigenvalue weighted by Gasteiger charge is 2.36. The maximum atomic E-state index is 11.4. The summed E-state index contributed by atoms with van der Waals surface area (Å²) in [6.45, 7) is 4.04. The molecule has 18 heavy (non-hydrogen) atoms. The maximum absolute atomic E-state index is 11.4. The summed E-state index contributed by atoms with van der Waals surface area (Å²) in [7, 11) is 1.33. The molecule has 0 bridgehead atoms. The van der Waals surface area contributed by atoms with Crippen LogP contribution in [0.25, 0.3) is 0 Å². The molecule has 1 N–H and O–H groups in total. The van der Waals surface area contributed by atoms with Crippen LogP contribution in [0.4, 0.5) is 5.82 Å². The van der Waals surface area contributed by atoms with E-state index >= 15 is 0 Å². The Balaban J connectivity index is 2.05. The van der Waals surface area contributed by atoms with E-state index in [1.54, 1.807) is 0 Å². The number of anilines is 1. The number of hydrogen-bond donors (Lipinski definition) is 1. The Bertz CT molecular complexity index is 448. The van der Waals surface area contributed by atoms with Gasteiger partial charge in [0.15, 0.2) is 0 Å². The Morgan fingerprint density at radius 2 is 2.33 bits per heavy atom. The van der Waals surface area contributed by atoms with Gasteiger partial charge in [-0.2, -0.15) is 0 Å². The number of esters is 1. The lowest BCUT2D eigenvalue weighted by atomic mass is 10.2. The summed E-state index contributed by atoms with van der Waals surface area (Å²) in [6, 6.07) is 2.35. The molecule has 2 rings (SSSR count). The monoisotopic (exact) mass is 249 g/mol. The van der Waals surface area contributed by atoms with E-state index < -0.39 is 5.97 Å². The number of rotatable bonds is 5. The molecular weight excluding hydrogens is 230 g/mol. The minimum Gasteiger partial charge on any atom is -0.463 e. The van der Waals surface area contributed by atoms with E-state index in [0.29, 0.717) is 11.9 Å². The Morgan fingerprint density at radius 3 is 3.00 bits per heavy atom. The van der Waals surface area contributed by atoms with Crippen LogP contribution in [0, 0.1) is 12.8 Å². The molecule has 0 spiro atoms. The van der Waals surface area contributed by atoms with Crippen molar-refractivity contribution in [1.29, 1.82) is 0 Å². The zero-order valence-electron chi connectivity index (χ0n) is 11.1. The molecule has 1 aliphatic carbocycles. The minimum atomic E-state index is -0.498. The second-order valence-electron chi connectivity index (χ2n) is 4.75. The van der Waals surface area contributed by atoms with Gasteiger partial charge in [-0.1, -0.05) is 13.3 Å². The molecule has 0 aromatic carbocycles. The third-order valence-electron chi connectivity index (χ3n) is 3.14. The van der Waals surface area contributed by atoms with E-state index in [1.807, 2.05) is 13.0 Å². The quantitative estimate of drug-likeness (QED) is 0.810. The van der Waals surface area contributed by atoms with Crippen LogP contribution in [0.3, 0.4) is 0 Å². The predicted molar refractivity (Wildman–Crippen MR) is 68.5 cm³/mol. The van der Waals surface area contributed by atoms with Crippen LogP contribution in [0.1, 0.15) is 42.5 Å². The summed E-state index contributed by atoms with van der Waals surface area (Å²) in [5.74, 6) is 1.08. The SMILES string of the molecule is CCCC1CC1Nc1cc(C)nc(C(=O)OC)n1. The first-order valence-corrected chi connectivity index (χ1v) is 6.34. The number of aromatic nitrogens is 2. The number of ether oxygens (including phenoxy) is 1. The molecule has 0 amide bonds. The number of nitrogens with one attached hydrogen (secondary N) is 1. The van der Waals surface area contributed by atoms with Crippen molar-refractivity contribution >= 4 is 11.8 Å². The molecule has 0 saturated heterocycles. The number of carbonyl (C=O) groups excluding carboxylic acids is 1. The molecule has 98 valence electrons. The molecule has 2 unspecified atom stereocenters. The van der Waals surface area contributed by atoms with Gasteiger partial charge in [0.05, 0.1) is 7.11 Å². The van der Waals surface area contributed by atoms with Crippen molar-refractivity contribution in [2.75, 3.05) is 12.4 Å². The van der Waals surface area contributed by atoms with Gasteiger partial charge < -0.3 is 10.1 Å². The molecule has 1 aliphatic rings. The third kappa shape index (κ3) is 2.97. The Hall–Kier alpha value is -1.65. The topological polar surface area (TPSA) is 64.1 Å². The highest BCUT2D eigenvalue weighted by molar-refractivity contribution is 5.85. The molecule has 0 aliphatic heterocycles. The first-order chi connectivity index (χ1) is 8.63. The molecule has 5 heteroatoms. The smallest absolute Gasteiger partial charge is 0.376 e. The number of hydrogen-bond acceptors (Lipinski definition) is 5. The molecule has 5 nitrogen and oxygen atoms in total. The van der Waals surface area contributed by atoms with Crippen molar-refractivity contribution in [1.82, 2.24) is 9.97 Å². The Morgan fingerprint density at radius 1 is 1.56 bits per heavy atom. The van der Waals surface area contributed by atoms with Crippen molar-refractivity contribution in [2.45, 2.75) is 39.2 Å². The number of carbonyl (C=O) groups is 1. The van der Waals surface area contributed by atoms with Gasteiger partial charge in [0.2, 0.25) is 5.82 Å². The number of methoxy groups -OCH3 is 1. The lowest BCUT2D eigenvalue weighted by molar-refractivity contribution is 0.0586. The van der Waals surface area contributed by atoms with Crippen LogP contribution < -0.4 is 5.32 Å². The standard InChI is InChI=1S/C13H19N3O2/c1-4-5-9-7-10(9)15-11-6-8(2)14-12(16-11)13(17)18-3/h6,9-10H,4-5,7H2,1-3H3,(H,14,15,16). The molecule has 2 atom stereocenters. The fraction of sp³-hybridized carbons (Fsp3) is 0.615. The summed E-state index contributed by atoms with van der Waals surface area (Å²) in [4.78, 5) is 19.7.